The molecule has 1 aliphatic heterocycles. The lowest BCUT2D eigenvalue weighted by molar-refractivity contribution is -0.142. The highest BCUT2D eigenvalue weighted by Crippen LogP contribution is 2.45. The van der Waals surface area contributed by atoms with Gasteiger partial charge in [0.05, 0.1) is 5.69 Å². The Balaban J connectivity index is 1.63. The van der Waals surface area contributed by atoms with Crippen LogP contribution in [0.3, 0.4) is 0 Å². The number of benzene rings is 3. The van der Waals surface area contributed by atoms with E-state index in [0.29, 0.717) is 0 Å². The normalized spacial score (nSPS) is 12.5. The van der Waals surface area contributed by atoms with Crippen molar-refractivity contribution in [3.05, 3.63) is 89.0 Å². The van der Waals surface area contributed by atoms with Crippen molar-refractivity contribution in [1.29, 1.82) is 0 Å². The largest absolute Gasteiger partial charge is 0.461 e. The molecule has 5 nitrogen and oxygen atoms in total. The molecule has 0 bridgehead atoms. The Morgan fingerprint density at radius 3 is 2.16 bits per heavy atom. The number of para-hydroxylation sites is 3. The summed E-state index contributed by atoms with van der Waals surface area (Å²) >= 11 is 0. The molecule has 0 saturated carbocycles. The van der Waals surface area contributed by atoms with Crippen LogP contribution < -0.4 is 10.1 Å². The lowest BCUT2D eigenvalue weighted by atomic mass is 9.85. The predicted octanol–water partition coefficient (Wildman–Crippen LogP) is 6.14. The van der Waals surface area contributed by atoms with Crippen LogP contribution in [0.2, 0.25) is 0 Å². The molecular weight excluding hydrogens is 402 g/mol. The molecule has 0 atom stereocenters. The van der Waals surface area contributed by atoms with Crippen LogP contribution in [0.15, 0.2) is 66.7 Å². The highest BCUT2D eigenvalue weighted by molar-refractivity contribution is 5.93. The molecule has 4 rings (SSSR count). The van der Waals surface area contributed by atoms with Gasteiger partial charge in [0.15, 0.2) is 0 Å². The van der Waals surface area contributed by atoms with Gasteiger partial charge < -0.3 is 14.8 Å². The summed E-state index contributed by atoms with van der Waals surface area (Å²) in [7, 11) is 0. The van der Waals surface area contributed by atoms with Crippen molar-refractivity contribution in [2.45, 2.75) is 45.6 Å². The van der Waals surface area contributed by atoms with Crippen molar-refractivity contribution in [3.63, 3.8) is 0 Å². The number of carbonyl (C=O) groups is 2. The zero-order valence-electron chi connectivity index (χ0n) is 18.6. The molecule has 1 aliphatic rings. The molecule has 164 valence electrons. The molecule has 1 N–H and O–H groups in total. The molecule has 0 aliphatic carbocycles. The Hall–Kier alpha value is -3.60. The van der Waals surface area contributed by atoms with Crippen LogP contribution in [0.4, 0.5) is 5.69 Å². The van der Waals surface area contributed by atoms with Crippen LogP contribution in [-0.4, -0.2) is 11.9 Å². The van der Waals surface area contributed by atoms with E-state index in [1.54, 1.807) is 0 Å². The summed E-state index contributed by atoms with van der Waals surface area (Å²) in [6, 6.07) is 21.5. The Labute approximate surface area is 188 Å². The summed E-state index contributed by atoms with van der Waals surface area (Å²) < 4.78 is 11.3. The van der Waals surface area contributed by atoms with Gasteiger partial charge in [-0.05, 0) is 23.6 Å². The topological polar surface area (TPSA) is 64.6 Å². The quantitative estimate of drug-likeness (QED) is 0.478. The molecule has 0 unspecified atom stereocenters. The smallest absolute Gasteiger partial charge is 0.302 e. The van der Waals surface area contributed by atoms with Crippen molar-refractivity contribution in [1.82, 2.24) is 0 Å². The molecule has 0 spiro atoms. The second-order valence-corrected chi connectivity index (χ2v) is 8.30. The van der Waals surface area contributed by atoms with Crippen molar-refractivity contribution in [3.8, 4) is 11.5 Å². The number of nitrogens with one attached hydrogen (secondary N) is 1. The first-order valence-electron chi connectivity index (χ1n) is 10.8. The Morgan fingerprint density at radius 1 is 0.938 bits per heavy atom. The molecule has 3 aromatic rings. The van der Waals surface area contributed by atoms with Gasteiger partial charge >= 0.3 is 5.97 Å². The zero-order valence-corrected chi connectivity index (χ0v) is 18.6. The fourth-order valence-electron chi connectivity index (χ4n) is 4.16. The lowest BCUT2D eigenvalue weighted by Crippen LogP contribution is -2.21. The maximum atomic E-state index is 13.3. The third kappa shape index (κ3) is 4.52. The van der Waals surface area contributed by atoms with Crippen molar-refractivity contribution >= 4 is 17.6 Å². The lowest BCUT2D eigenvalue weighted by Gasteiger charge is -2.28. The van der Waals surface area contributed by atoms with Crippen molar-refractivity contribution in [2.75, 3.05) is 5.32 Å². The summed E-state index contributed by atoms with van der Waals surface area (Å²) in [6.07, 6.45) is 0.275. The van der Waals surface area contributed by atoms with E-state index in [0.717, 1.165) is 39.4 Å². The van der Waals surface area contributed by atoms with Gasteiger partial charge in [0.1, 0.15) is 18.1 Å². The minimum Gasteiger partial charge on any atom is -0.461 e. The molecule has 1 amide bonds. The number of ether oxygens (including phenoxy) is 2. The highest BCUT2D eigenvalue weighted by Gasteiger charge is 2.29. The molecule has 0 aromatic heterocycles. The first-order chi connectivity index (χ1) is 15.4. The van der Waals surface area contributed by atoms with E-state index in [-0.39, 0.29) is 36.7 Å². The number of hydrogen-bond donors (Lipinski definition) is 1. The van der Waals surface area contributed by atoms with E-state index < -0.39 is 0 Å². The maximum Gasteiger partial charge on any atom is 0.302 e. The summed E-state index contributed by atoms with van der Waals surface area (Å²) in [5.74, 6) is 1.20. The average Bonchev–Trinajstić information content (AvgIpc) is 2.78. The van der Waals surface area contributed by atoms with Crippen LogP contribution in [0.5, 0.6) is 11.5 Å². The Kier molecular flexibility index (Phi) is 6.26. The van der Waals surface area contributed by atoms with Crippen LogP contribution in [0.25, 0.3) is 0 Å². The third-order valence-electron chi connectivity index (χ3n) is 5.70. The molecule has 0 saturated heterocycles. The number of hydrogen-bond acceptors (Lipinski definition) is 4. The third-order valence-corrected chi connectivity index (χ3v) is 5.70. The van der Waals surface area contributed by atoms with Gasteiger partial charge in [0, 0.05) is 36.0 Å². The van der Waals surface area contributed by atoms with Crippen LogP contribution in [-0.2, 0) is 20.9 Å². The van der Waals surface area contributed by atoms with Gasteiger partial charge in [-0.15, -0.1) is 0 Å². The minimum atomic E-state index is -0.354. The summed E-state index contributed by atoms with van der Waals surface area (Å²) in [5, 5.41) is 3.12. The van der Waals surface area contributed by atoms with Crippen LogP contribution in [0.1, 0.15) is 61.3 Å². The minimum absolute atomic E-state index is 0.0984. The number of rotatable bonds is 6. The van der Waals surface area contributed by atoms with Gasteiger partial charge in [-0.25, -0.2) is 0 Å². The van der Waals surface area contributed by atoms with Gasteiger partial charge in [0.2, 0.25) is 5.91 Å². The number of carbonyl (C=O) groups excluding carboxylic acids is 2. The zero-order chi connectivity index (χ0) is 22.7. The summed E-state index contributed by atoms with van der Waals surface area (Å²) in [4.78, 5) is 24.7. The van der Waals surface area contributed by atoms with Crippen molar-refractivity contribution < 1.29 is 19.1 Å². The second kappa shape index (κ2) is 9.27. The number of amides is 1. The molecular formula is C27H27NO4. The predicted molar refractivity (Wildman–Crippen MR) is 124 cm³/mol. The van der Waals surface area contributed by atoms with Gasteiger partial charge in [-0.3, -0.25) is 9.59 Å². The Morgan fingerprint density at radius 2 is 1.56 bits per heavy atom. The molecule has 5 heteroatoms. The second-order valence-electron chi connectivity index (χ2n) is 8.30. The molecule has 0 radical (unpaired) electrons. The van der Waals surface area contributed by atoms with Crippen LogP contribution in [0, 0.1) is 0 Å². The average molecular weight is 430 g/mol. The van der Waals surface area contributed by atoms with E-state index in [2.05, 4.69) is 19.2 Å². The van der Waals surface area contributed by atoms with E-state index in [9.17, 15) is 9.59 Å². The summed E-state index contributed by atoms with van der Waals surface area (Å²) in [6.45, 7) is 5.65. The number of esters is 1. The SMILES string of the molecule is CC(=O)OCc1cccc(C(C)C)c1NC(=O)CC1c2ccccc2Oc2ccccc21. The van der Waals surface area contributed by atoms with Gasteiger partial charge in [-0.1, -0.05) is 68.4 Å². The number of fused-ring (bicyclic) bond motifs is 2. The molecule has 3 aromatic carbocycles. The highest BCUT2D eigenvalue weighted by atomic mass is 16.5. The molecule has 0 fully saturated rings. The first-order valence-corrected chi connectivity index (χ1v) is 10.8. The standard InChI is InChI=1S/C27H27NO4/c1-17(2)20-12-8-9-19(16-31-18(3)29)27(20)28-26(30)15-23-21-10-4-6-13-24(21)32-25-14-7-5-11-22(23)25/h4-14,17,23H,15-16H2,1-3H3,(H,28,30). The van der Waals surface area contributed by atoms with Gasteiger partial charge in [0.25, 0.3) is 0 Å². The van der Waals surface area contributed by atoms with E-state index in [1.807, 2.05) is 66.7 Å². The van der Waals surface area contributed by atoms with Gasteiger partial charge in [-0.2, -0.15) is 0 Å². The fraction of sp³-hybridized carbons (Fsp3) is 0.259. The van der Waals surface area contributed by atoms with E-state index in [4.69, 9.17) is 9.47 Å². The van der Waals surface area contributed by atoms with E-state index >= 15 is 0 Å². The van der Waals surface area contributed by atoms with E-state index in [1.165, 1.54) is 6.92 Å². The van der Waals surface area contributed by atoms with Crippen molar-refractivity contribution in [2.24, 2.45) is 0 Å². The summed E-state index contributed by atoms with van der Waals surface area (Å²) in [5.41, 5.74) is 4.52. The molecule has 1 heterocycles. The molecule has 32 heavy (non-hydrogen) atoms. The fourth-order valence-corrected chi connectivity index (χ4v) is 4.16. The monoisotopic (exact) mass is 429 g/mol. The van der Waals surface area contributed by atoms with Crippen LogP contribution >= 0.6 is 0 Å². The maximum absolute atomic E-state index is 13.3. The number of anilines is 1. The first kappa shape index (κ1) is 21.6. The Bertz CT molecular complexity index is 1110.